The zero-order valence-electron chi connectivity index (χ0n) is 14.2. The van der Waals surface area contributed by atoms with Crippen molar-refractivity contribution in [3.8, 4) is 0 Å². The van der Waals surface area contributed by atoms with Gasteiger partial charge < -0.3 is 9.80 Å². The van der Waals surface area contributed by atoms with Gasteiger partial charge in [-0.3, -0.25) is 9.59 Å². The maximum absolute atomic E-state index is 14.1. The van der Waals surface area contributed by atoms with Crippen LogP contribution in [0.3, 0.4) is 0 Å². The van der Waals surface area contributed by atoms with Crippen molar-refractivity contribution in [3.05, 3.63) is 69.5 Å². The monoisotopic (exact) mass is 372 g/mol. The highest BCUT2D eigenvalue weighted by molar-refractivity contribution is 6.31. The minimum Gasteiger partial charge on any atom is -0.339 e. The summed E-state index contributed by atoms with van der Waals surface area (Å²) >= 11 is 6.10. The van der Waals surface area contributed by atoms with E-state index >= 15 is 0 Å². The van der Waals surface area contributed by atoms with Crippen LogP contribution in [-0.2, 0) is 13.1 Å². The Hall–Kier alpha value is -2.40. The average molecular weight is 373 g/mol. The summed E-state index contributed by atoms with van der Waals surface area (Å²) in [6.45, 7) is 1.88. The standard InChI is InChI=1S/C20H18ClFN2O2/c21-16-7-4-8-17(22)15(16)12-24-11-13-5-3-6-14(18(13)20(24)26)19(25)23-9-1-2-10-23/h3-8H,1-2,9-12H2. The van der Waals surface area contributed by atoms with Crippen LogP contribution in [0.5, 0.6) is 0 Å². The predicted molar refractivity (Wildman–Crippen MR) is 96.6 cm³/mol. The third-order valence-corrected chi connectivity index (χ3v) is 5.40. The van der Waals surface area contributed by atoms with E-state index in [-0.39, 0.29) is 18.4 Å². The SMILES string of the molecule is O=C(c1cccc2c1C(=O)N(Cc1c(F)cccc1Cl)C2)N1CCCC1. The maximum Gasteiger partial charge on any atom is 0.255 e. The fourth-order valence-electron chi connectivity index (χ4n) is 3.69. The van der Waals surface area contributed by atoms with Gasteiger partial charge in [0.05, 0.1) is 17.7 Å². The van der Waals surface area contributed by atoms with E-state index in [1.165, 1.54) is 17.0 Å². The summed E-state index contributed by atoms with van der Waals surface area (Å²) in [5.41, 5.74) is 1.98. The molecule has 0 N–H and O–H groups in total. The number of benzene rings is 2. The van der Waals surface area contributed by atoms with Gasteiger partial charge >= 0.3 is 0 Å². The van der Waals surface area contributed by atoms with Crippen molar-refractivity contribution in [1.82, 2.24) is 9.80 Å². The molecule has 0 radical (unpaired) electrons. The van der Waals surface area contributed by atoms with E-state index in [0.717, 1.165) is 31.5 Å². The fourth-order valence-corrected chi connectivity index (χ4v) is 3.91. The lowest BCUT2D eigenvalue weighted by Crippen LogP contribution is -2.30. The van der Waals surface area contributed by atoms with Crippen molar-refractivity contribution in [2.45, 2.75) is 25.9 Å². The molecule has 0 atom stereocenters. The first-order valence-corrected chi connectivity index (χ1v) is 9.07. The van der Waals surface area contributed by atoms with E-state index in [1.54, 1.807) is 23.1 Å². The summed E-state index contributed by atoms with van der Waals surface area (Å²) < 4.78 is 14.1. The number of hydrogen-bond donors (Lipinski definition) is 0. The number of carbonyl (C=O) groups excluding carboxylic acids is 2. The van der Waals surface area contributed by atoms with Crippen LogP contribution in [0.2, 0.25) is 5.02 Å². The van der Waals surface area contributed by atoms with Crippen molar-refractivity contribution in [2.75, 3.05) is 13.1 Å². The molecule has 2 heterocycles. The zero-order valence-corrected chi connectivity index (χ0v) is 14.9. The number of nitrogens with zero attached hydrogens (tertiary/aromatic N) is 2. The Labute approximate surface area is 156 Å². The van der Waals surface area contributed by atoms with E-state index in [2.05, 4.69) is 0 Å². The van der Waals surface area contributed by atoms with Crippen molar-refractivity contribution < 1.29 is 14.0 Å². The number of halogens is 2. The van der Waals surface area contributed by atoms with E-state index in [1.807, 2.05) is 6.07 Å². The highest BCUT2D eigenvalue weighted by atomic mass is 35.5. The maximum atomic E-state index is 14.1. The molecule has 0 bridgehead atoms. The number of rotatable bonds is 3. The molecule has 2 aromatic rings. The number of fused-ring (bicyclic) bond motifs is 1. The smallest absolute Gasteiger partial charge is 0.255 e. The minimum absolute atomic E-state index is 0.0797. The van der Waals surface area contributed by atoms with Crippen molar-refractivity contribution in [2.24, 2.45) is 0 Å². The van der Waals surface area contributed by atoms with Crippen LogP contribution in [0.15, 0.2) is 36.4 Å². The largest absolute Gasteiger partial charge is 0.339 e. The van der Waals surface area contributed by atoms with Crippen molar-refractivity contribution in [1.29, 1.82) is 0 Å². The summed E-state index contributed by atoms with van der Waals surface area (Å²) in [4.78, 5) is 29.1. The van der Waals surface area contributed by atoms with E-state index in [0.29, 0.717) is 28.3 Å². The van der Waals surface area contributed by atoms with Gasteiger partial charge in [0.2, 0.25) is 0 Å². The van der Waals surface area contributed by atoms with Gasteiger partial charge in [0.25, 0.3) is 11.8 Å². The second-order valence-electron chi connectivity index (χ2n) is 6.70. The molecule has 4 nitrogen and oxygen atoms in total. The summed E-state index contributed by atoms with van der Waals surface area (Å²) in [6.07, 6.45) is 1.99. The quantitative estimate of drug-likeness (QED) is 0.820. The van der Waals surface area contributed by atoms with Gasteiger partial charge in [-0.2, -0.15) is 0 Å². The molecule has 0 unspecified atom stereocenters. The normalized spacial score (nSPS) is 16.3. The summed E-state index contributed by atoms with van der Waals surface area (Å²) in [6, 6.07) is 9.82. The molecule has 0 spiro atoms. The van der Waals surface area contributed by atoms with Gasteiger partial charge in [-0.1, -0.05) is 29.8 Å². The summed E-state index contributed by atoms with van der Waals surface area (Å²) in [7, 11) is 0. The highest BCUT2D eigenvalue weighted by Crippen LogP contribution is 2.30. The first-order valence-electron chi connectivity index (χ1n) is 8.69. The third-order valence-electron chi connectivity index (χ3n) is 5.05. The number of amides is 2. The Kier molecular flexibility index (Phi) is 4.41. The fraction of sp³-hybridized carbons (Fsp3) is 0.300. The lowest BCUT2D eigenvalue weighted by Gasteiger charge is -2.18. The minimum atomic E-state index is -0.436. The summed E-state index contributed by atoms with van der Waals surface area (Å²) in [5, 5.41) is 0.294. The van der Waals surface area contributed by atoms with Crippen LogP contribution < -0.4 is 0 Å². The van der Waals surface area contributed by atoms with Gasteiger partial charge in [-0.25, -0.2) is 4.39 Å². The molecular weight excluding hydrogens is 355 g/mol. The lowest BCUT2D eigenvalue weighted by molar-refractivity contribution is 0.0742. The van der Waals surface area contributed by atoms with Crippen molar-refractivity contribution >= 4 is 23.4 Å². The van der Waals surface area contributed by atoms with Crippen molar-refractivity contribution in [3.63, 3.8) is 0 Å². The summed E-state index contributed by atoms with van der Waals surface area (Å²) in [5.74, 6) is -0.782. The van der Waals surface area contributed by atoms with Crippen LogP contribution in [0.4, 0.5) is 4.39 Å². The second kappa shape index (κ2) is 6.72. The van der Waals surface area contributed by atoms with Gasteiger partial charge in [0.1, 0.15) is 5.82 Å². The Bertz CT molecular complexity index is 873. The Balaban J connectivity index is 1.64. The molecule has 0 aromatic heterocycles. The molecule has 2 amide bonds. The molecule has 2 aromatic carbocycles. The average Bonchev–Trinajstić information content (AvgIpc) is 3.26. The van der Waals surface area contributed by atoms with E-state index in [4.69, 9.17) is 11.6 Å². The molecule has 2 aliphatic heterocycles. The van der Waals surface area contributed by atoms with Gasteiger partial charge in [-0.15, -0.1) is 0 Å². The van der Waals surface area contributed by atoms with Crippen LogP contribution in [0.1, 0.15) is 44.7 Å². The Morgan fingerprint density at radius 1 is 1.12 bits per heavy atom. The molecule has 134 valence electrons. The Morgan fingerprint density at radius 3 is 2.58 bits per heavy atom. The highest BCUT2D eigenvalue weighted by Gasteiger charge is 2.34. The Morgan fingerprint density at radius 2 is 1.85 bits per heavy atom. The molecule has 1 fully saturated rings. The first kappa shape index (κ1) is 17.0. The number of hydrogen-bond acceptors (Lipinski definition) is 2. The molecule has 26 heavy (non-hydrogen) atoms. The second-order valence-corrected chi connectivity index (χ2v) is 7.11. The molecular formula is C20H18ClFN2O2. The molecule has 0 saturated carbocycles. The molecule has 2 aliphatic rings. The van der Waals surface area contributed by atoms with E-state index in [9.17, 15) is 14.0 Å². The van der Waals surface area contributed by atoms with Crippen LogP contribution >= 0.6 is 11.6 Å². The van der Waals surface area contributed by atoms with Gasteiger partial charge in [0, 0.05) is 30.2 Å². The molecule has 4 rings (SSSR count). The molecule has 1 saturated heterocycles. The zero-order chi connectivity index (χ0) is 18.3. The third kappa shape index (κ3) is 2.86. The topological polar surface area (TPSA) is 40.6 Å². The molecule has 6 heteroatoms. The number of likely N-dealkylation sites (tertiary alicyclic amines) is 1. The van der Waals surface area contributed by atoms with Crippen LogP contribution in [0, 0.1) is 5.82 Å². The first-order chi connectivity index (χ1) is 12.6. The van der Waals surface area contributed by atoms with Crippen LogP contribution in [0.25, 0.3) is 0 Å². The predicted octanol–water partition coefficient (Wildman–Crippen LogP) is 3.87. The van der Waals surface area contributed by atoms with E-state index < -0.39 is 5.82 Å². The van der Waals surface area contributed by atoms with Crippen LogP contribution in [-0.4, -0.2) is 34.7 Å². The molecule has 0 aliphatic carbocycles. The van der Waals surface area contributed by atoms with Gasteiger partial charge in [0.15, 0.2) is 0 Å². The van der Waals surface area contributed by atoms with Gasteiger partial charge in [-0.05, 0) is 36.6 Å². The number of carbonyl (C=O) groups is 2. The lowest BCUT2D eigenvalue weighted by atomic mass is 10.0.